The highest BCUT2D eigenvalue weighted by atomic mass is 32.1. The van der Waals surface area contributed by atoms with Crippen LogP contribution in [-0.4, -0.2) is 30.0 Å². The second kappa shape index (κ2) is 8.13. The summed E-state index contributed by atoms with van der Waals surface area (Å²) in [6, 6.07) is 17.1. The van der Waals surface area contributed by atoms with Crippen molar-refractivity contribution in [3.8, 4) is 0 Å². The SMILES string of the molecule is O=C(Nc1cccc(N2CCC(NCc3nc4ccccc4s3)CC2)c1)C1CC1. The Morgan fingerprint density at radius 3 is 2.69 bits per heavy atom. The summed E-state index contributed by atoms with van der Waals surface area (Å²) in [4.78, 5) is 19.2. The molecule has 5 rings (SSSR count). The number of fused-ring (bicyclic) bond motifs is 1. The molecule has 0 spiro atoms. The summed E-state index contributed by atoms with van der Waals surface area (Å²) in [5.41, 5.74) is 3.21. The number of nitrogens with zero attached hydrogens (tertiary/aromatic N) is 2. The van der Waals surface area contributed by atoms with Crippen molar-refractivity contribution < 1.29 is 4.79 Å². The molecule has 1 amide bonds. The monoisotopic (exact) mass is 406 g/mol. The molecule has 2 aliphatic rings. The number of hydrogen-bond acceptors (Lipinski definition) is 5. The lowest BCUT2D eigenvalue weighted by molar-refractivity contribution is -0.117. The van der Waals surface area contributed by atoms with Crippen LogP contribution in [0.5, 0.6) is 0 Å². The number of anilines is 2. The van der Waals surface area contributed by atoms with E-state index in [4.69, 9.17) is 4.98 Å². The Balaban J connectivity index is 1.13. The predicted octanol–water partition coefficient (Wildman–Crippen LogP) is 4.40. The molecule has 1 aliphatic heterocycles. The number of piperidine rings is 1. The van der Waals surface area contributed by atoms with Gasteiger partial charge in [-0.15, -0.1) is 11.3 Å². The van der Waals surface area contributed by atoms with Gasteiger partial charge < -0.3 is 15.5 Å². The smallest absolute Gasteiger partial charge is 0.227 e. The largest absolute Gasteiger partial charge is 0.371 e. The molecule has 5 nitrogen and oxygen atoms in total. The lowest BCUT2D eigenvalue weighted by Gasteiger charge is -2.34. The number of rotatable bonds is 6. The average molecular weight is 407 g/mol. The van der Waals surface area contributed by atoms with Crippen molar-refractivity contribution in [2.45, 2.75) is 38.3 Å². The van der Waals surface area contributed by atoms with E-state index in [1.807, 2.05) is 18.2 Å². The molecule has 0 atom stereocenters. The molecule has 3 aromatic rings. The lowest BCUT2D eigenvalue weighted by Crippen LogP contribution is -2.42. The molecule has 2 aromatic carbocycles. The summed E-state index contributed by atoms with van der Waals surface area (Å²) >= 11 is 1.78. The van der Waals surface area contributed by atoms with Crippen molar-refractivity contribution in [2.75, 3.05) is 23.3 Å². The minimum Gasteiger partial charge on any atom is -0.371 e. The van der Waals surface area contributed by atoms with Crippen LogP contribution >= 0.6 is 11.3 Å². The van der Waals surface area contributed by atoms with Crippen LogP contribution in [0.2, 0.25) is 0 Å². The van der Waals surface area contributed by atoms with E-state index in [1.54, 1.807) is 11.3 Å². The maximum atomic E-state index is 12.0. The predicted molar refractivity (Wildman–Crippen MR) is 119 cm³/mol. The minimum absolute atomic E-state index is 0.167. The molecular weight excluding hydrogens is 380 g/mol. The topological polar surface area (TPSA) is 57.3 Å². The van der Waals surface area contributed by atoms with Gasteiger partial charge in [0.1, 0.15) is 5.01 Å². The first-order chi connectivity index (χ1) is 14.2. The number of aromatic nitrogens is 1. The van der Waals surface area contributed by atoms with Gasteiger partial charge >= 0.3 is 0 Å². The van der Waals surface area contributed by atoms with Crippen LogP contribution in [0.4, 0.5) is 11.4 Å². The number of hydrogen-bond donors (Lipinski definition) is 2. The Kier molecular flexibility index (Phi) is 5.21. The van der Waals surface area contributed by atoms with E-state index < -0.39 is 0 Å². The number of para-hydroxylation sites is 1. The zero-order valence-electron chi connectivity index (χ0n) is 16.4. The lowest BCUT2D eigenvalue weighted by atomic mass is 10.0. The number of thiazole rings is 1. The van der Waals surface area contributed by atoms with E-state index in [0.29, 0.717) is 6.04 Å². The number of nitrogens with one attached hydrogen (secondary N) is 2. The number of amides is 1. The summed E-state index contributed by atoms with van der Waals surface area (Å²) in [5.74, 6) is 0.399. The summed E-state index contributed by atoms with van der Waals surface area (Å²) in [7, 11) is 0. The fourth-order valence-corrected chi connectivity index (χ4v) is 4.86. The van der Waals surface area contributed by atoms with E-state index >= 15 is 0 Å². The third-order valence-corrected chi connectivity index (χ3v) is 6.84. The van der Waals surface area contributed by atoms with E-state index in [-0.39, 0.29) is 11.8 Å². The van der Waals surface area contributed by atoms with Gasteiger partial charge in [0.05, 0.1) is 10.2 Å². The third-order valence-electron chi connectivity index (χ3n) is 5.80. The van der Waals surface area contributed by atoms with Crippen LogP contribution in [0, 0.1) is 5.92 Å². The normalized spacial score (nSPS) is 17.6. The van der Waals surface area contributed by atoms with Crippen LogP contribution in [-0.2, 0) is 11.3 Å². The molecule has 0 radical (unpaired) electrons. The van der Waals surface area contributed by atoms with Gasteiger partial charge in [0.25, 0.3) is 0 Å². The fourth-order valence-electron chi connectivity index (χ4n) is 3.94. The zero-order valence-corrected chi connectivity index (χ0v) is 17.3. The molecular formula is C23H26N4OS. The van der Waals surface area contributed by atoms with E-state index in [2.05, 4.69) is 45.9 Å². The summed E-state index contributed by atoms with van der Waals surface area (Å²) in [5, 5.41) is 7.91. The Hall–Kier alpha value is -2.44. The second-order valence-electron chi connectivity index (χ2n) is 8.03. The maximum Gasteiger partial charge on any atom is 0.227 e. The van der Waals surface area contributed by atoms with Crippen LogP contribution in [0.1, 0.15) is 30.7 Å². The number of benzene rings is 2. The van der Waals surface area contributed by atoms with Crippen LogP contribution < -0.4 is 15.5 Å². The van der Waals surface area contributed by atoms with Crippen molar-refractivity contribution in [1.29, 1.82) is 0 Å². The van der Waals surface area contributed by atoms with Crippen molar-refractivity contribution >= 4 is 38.8 Å². The van der Waals surface area contributed by atoms with Gasteiger partial charge in [0.2, 0.25) is 5.91 Å². The average Bonchev–Trinajstić information content (AvgIpc) is 3.52. The minimum atomic E-state index is 0.167. The van der Waals surface area contributed by atoms with Crippen molar-refractivity contribution in [3.05, 3.63) is 53.5 Å². The molecule has 1 saturated heterocycles. The number of carbonyl (C=O) groups excluding carboxylic acids is 1. The van der Waals surface area contributed by atoms with Crippen LogP contribution in [0.15, 0.2) is 48.5 Å². The molecule has 1 aliphatic carbocycles. The van der Waals surface area contributed by atoms with Crippen LogP contribution in [0.3, 0.4) is 0 Å². The zero-order chi connectivity index (χ0) is 19.6. The van der Waals surface area contributed by atoms with E-state index in [0.717, 1.165) is 61.5 Å². The molecule has 2 fully saturated rings. The molecule has 0 bridgehead atoms. The fraction of sp³-hybridized carbons (Fsp3) is 0.391. The van der Waals surface area contributed by atoms with Gasteiger partial charge in [-0.3, -0.25) is 4.79 Å². The standard InChI is InChI=1S/C23H26N4OS/c28-23(16-8-9-16)25-18-4-3-5-19(14-18)27-12-10-17(11-13-27)24-15-22-26-20-6-1-2-7-21(20)29-22/h1-7,14,16-17,24H,8-13,15H2,(H,25,28). The van der Waals surface area contributed by atoms with Crippen molar-refractivity contribution in [2.24, 2.45) is 5.92 Å². The molecule has 1 aromatic heterocycles. The molecule has 0 unspecified atom stereocenters. The van der Waals surface area contributed by atoms with Gasteiger partial charge in [0, 0.05) is 43.0 Å². The third kappa shape index (κ3) is 4.43. The van der Waals surface area contributed by atoms with Gasteiger partial charge in [-0.2, -0.15) is 0 Å². The Morgan fingerprint density at radius 1 is 1.07 bits per heavy atom. The van der Waals surface area contributed by atoms with Crippen molar-refractivity contribution in [1.82, 2.24) is 10.3 Å². The number of carbonyl (C=O) groups is 1. The quantitative estimate of drug-likeness (QED) is 0.637. The van der Waals surface area contributed by atoms with Gasteiger partial charge in [0.15, 0.2) is 0 Å². The van der Waals surface area contributed by atoms with Crippen LogP contribution in [0.25, 0.3) is 10.2 Å². The first-order valence-electron chi connectivity index (χ1n) is 10.5. The summed E-state index contributed by atoms with van der Waals surface area (Å²) in [6.07, 6.45) is 4.29. The van der Waals surface area contributed by atoms with Crippen molar-refractivity contribution in [3.63, 3.8) is 0 Å². The summed E-state index contributed by atoms with van der Waals surface area (Å²) in [6.45, 7) is 2.89. The molecule has 6 heteroatoms. The first kappa shape index (κ1) is 18.6. The Labute approximate surface area is 175 Å². The van der Waals surface area contributed by atoms with Gasteiger partial charge in [-0.1, -0.05) is 18.2 Å². The first-order valence-corrected chi connectivity index (χ1v) is 11.3. The molecule has 2 heterocycles. The highest BCUT2D eigenvalue weighted by molar-refractivity contribution is 7.18. The highest BCUT2D eigenvalue weighted by Crippen LogP contribution is 2.31. The molecule has 1 saturated carbocycles. The summed E-state index contributed by atoms with van der Waals surface area (Å²) < 4.78 is 1.26. The Bertz CT molecular complexity index is 972. The Morgan fingerprint density at radius 2 is 1.90 bits per heavy atom. The molecule has 150 valence electrons. The highest BCUT2D eigenvalue weighted by Gasteiger charge is 2.29. The molecule has 2 N–H and O–H groups in total. The van der Waals surface area contributed by atoms with Gasteiger partial charge in [-0.05, 0) is 56.0 Å². The molecule has 29 heavy (non-hydrogen) atoms. The second-order valence-corrected chi connectivity index (χ2v) is 9.15. The van der Waals surface area contributed by atoms with E-state index in [1.165, 1.54) is 10.4 Å². The maximum absolute atomic E-state index is 12.0. The van der Waals surface area contributed by atoms with Gasteiger partial charge in [-0.25, -0.2) is 4.98 Å². The van der Waals surface area contributed by atoms with E-state index in [9.17, 15) is 4.79 Å².